The van der Waals surface area contributed by atoms with Crippen LogP contribution >= 0.6 is 0 Å². The van der Waals surface area contributed by atoms with E-state index in [1.165, 1.54) is 24.8 Å². The monoisotopic (exact) mass is 244 g/mol. The van der Waals surface area contributed by atoms with E-state index in [0.29, 0.717) is 5.78 Å². The summed E-state index contributed by atoms with van der Waals surface area (Å²) in [6.07, 6.45) is 4.70. The molecule has 0 heterocycles. The maximum absolute atomic E-state index is 12.8. The highest BCUT2D eigenvalue weighted by Gasteiger charge is 2.37. The molecule has 1 aliphatic rings. The smallest absolute Gasteiger partial charge is 0.166 e. The molecular weight excluding hydrogens is 220 g/mol. The van der Waals surface area contributed by atoms with Crippen LogP contribution in [0, 0.1) is 25.2 Å². The van der Waals surface area contributed by atoms with Crippen molar-refractivity contribution in [2.45, 2.75) is 53.4 Å². The molecule has 18 heavy (non-hydrogen) atoms. The molecule has 0 aromatic heterocycles. The number of carbonyl (C=O) groups is 1. The fourth-order valence-corrected chi connectivity index (χ4v) is 3.19. The standard InChI is InChI=1S/C17H24O/c1-12-8-7-9-14(13(12)2)16(18)15-10-5-6-11-17(15,3)4/h7-9,15H,5-6,10-11H2,1-4H3. The molecule has 1 unspecified atom stereocenters. The van der Waals surface area contributed by atoms with Crippen LogP contribution in [0.3, 0.4) is 0 Å². The zero-order chi connectivity index (χ0) is 13.3. The second-order valence-corrected chi connectivity index (χ2v) is 6.40. The summed E-state index contributed by atoms with van der Waals surface area (Å²) in [5, 5.41) is 0. The molecule has 1 aromatic rings. The first-order valence-electron chi connectivity index (χ1n) is 7.04. The average Bonchev–Trinajstić information content (AvgIpc) is 2.31. The lowest BCUT2D eigenvalue weighted by Crippen LogP contribution is -2.34. The largest absolute Gasteiger partial charge is 0.294 e. The van der Waals surface area contributed by atoms with Gasteiger partial charge in [0.2, 0.25) is 0 Å². The van der Waals surface area contributed by atoms with E-state index in [9.17, 15) is 4.79 Å². The van der Waals surface area contributed by atoms with Crippen LogP contribution in [-0.2, 0) is 0 Å². The van der Waals surface area contributed by atoms with Gasteiger partial charge in [-0.3, -0.25) is 4.79 Å². The Hall–Kier alpha value is -1.11. The molecule has 98 valence electrons. The molecule has 1 heteroatoms. The number of ketones is 1. The Balaban J connectivity index is 2.33. The molecule has 1 aliphatic carbocycles. The maximum Gasteiger partial charge on any atom is 0.166 e. The third-order valence-corrected chi connectivity index (χ3v) is 4.69. The van der Waals surface area contributed by atoms with Crippen molar-refractivity contribution in [2.24, 2.45) is 11.3 Å². The number of Topliss-reactive ketones (excluding diaryl/α,β-unsaturated/α-hetero) is 1. The van der Waals surface area contributed by atoms with Crippen molar-refractivity contribution in [1.82, 2.24) is 0 Å². The molecular formula is C17H24O. The summed E-state index contributed by atoms with van der Waals surface area (Å²) in [6, 6.07) is 6.08. The molecule has 1 fully saturated rings. The zero-order valence-corrected chi connectivity index (χ0v) is 12.0. The Labute approximate surface area is 111 Å². The summed E-state index contributed by atoms with van der Waals surface area (Å²) < 4.78 is 0. The van der Waals surface area contributed by atoms with Crippen molar-refractivity contribution in [3.8, 4) is 0 Å². The summed E-state index contributed by atoms with van der Waals surface area (Å²) in [4.78, 5) is 12.8. The van der Waals surface area contributed by atoms with Crippen molar-refractivity contribution < 1.29 is 4.79 Å². The minimum Gasteiger partial charge on any atom is -0.294 e. The molecule has 2 rings (SSSR count). The highest BCUT2D eigenvalue weighted by atomic mass is 16.1. The topological polar surface area (TPSA) is 17.1 Å². The Bertz CT molecular complexity index is 457. The van der Waals surface area contributed by atoms with Crippen molar-refractivity contribution in [3.05, 3.63) is 34.9 Å². The lowest BCUT2D eigenvalue weighted by atomic mass is 9.66. The van der Waals surface area contributed by atoms with Crippen LogP contribution in [0.1, 0.15) is 61.0 Å². The van der Waals surface area contributed by atoms with E-state index >= 15 is 0 Å². The van der Waals surface area contributed by atoms with Crippen molar-refractivity contribution >= 4 is 5.78 Å². The molecule has 0 saturated heterocycles. The van der Waals surface area contributed by atoms with E-state index in [1.807, 2.05) is 12.1 Å². The van der Waals surface area contributed by atoms with Crippen LogP contribution in [0.2, 0.25) is 0 Å². The molecule has 1 saturated carbocycles. The first-order valence-corrected chi connectivity index (χ1v) is 7.04. The van der Waals surface area contributed by atoms with Crippen molar-refractivity contribution in [1.29, 1.82) is 0 Å². The summed E-state index contributed by atoms with van der Waals surface area (Å²) in [6.45, 7) is 8.65. The van der Waals surface area contributed by atoms with Gasteiger partial charge in [-0.1, -0.05) is 44.9 Å². The Morgan fingerprint density at radius 2 is 1.94 bits per heavy atom. The number of hydrogen-bond donors (Lipinski definition) is 0. The summed E-state index contributed by atoms with van der Waals surface area (Å²) in [7, 11) is 0. The molecule has 0 aliphatic heterocycles. The lowest BCUT2D eigenvalue weighted by Gasteiger charge is -2.37. The van der Waals surface area contributed by atoms with Gasteiger partial charge in [0.25, 0.3) is 0 Å². The second kappa shape index (κ2) is 4.87. The molecule has 0 radical (unpaired) electrons. The SMILES string of the molecule is Cc1cccc(C(=O)C2CCCCC2(C)C)c1C. The van der Waals surface area contributed by atoms with Gasteiger partial charge in [0.1, 0.15) is 0 Å². The molecule has 1 aromatic carbocycles. The van der Waals surface area contributed by atoms with Crippen LogP contribution in [-0.4, -0.2) is 5.78 Å². The van der Waals surface area contributed by atoms with Gasteiger partial charge in [-0.15, -0.1) is 0 Å². The van der Waals surface area contributed by atoms with Crippen LogP contribution in [0.5, 0.6) is 0 Å². The number of carbonyl (C=O) groups excluding carboxylic acids is 1. The molecule has 1 nitrogen and oxygen atoms in total. The number of benzene rings is 1. The van der Waals surface area contributed by atoms with Gasteiger partial charge >= 0.3 is 0 Å². The highest BCUT2D eigenvalue weighted by molar-refractivity contribution is 5.99. The summed E-state index contributed by atoms with van der Waals surface area (Å²) in [5.41, 5.74) is 3.47. The van der Waals surface area contributed by atoms with E-state index in [4.69, 9.17) is 0 Å². The minimum absolute atomic E-state index is 0.158. The van der Waals surface area contributed by atoms with Crippen LogP contribution in [0.15, 0.2) is 18.2 Å². The van der Waals surface area contributed by atoms with Gasteiger partial charge in [0, 0.05) is 11.5 Å². The quantitative estimate of drug-likeness (QED) is 0.689. The molecule has 0 N–H and O–H groups in total. The van der Waals surface area contributed by atoms with Crippen LogP contribution in [0.4, 0.5) is 0 Å². The van der Waals surface area contributed by atoms with Gasteiger partial charge < -0.3 is 0 Å². The van der Waals surface area contributed by atoms with Gasteiger partial charge in [0.05, 0.1) is 0 Å². The van der Waals surface area contributed by atoms with Gasteiger partial charge in [-0.25, -0.2) is 0 Å². The van der Waals surface area contributed by atoms with E-state index < -0.39 is 0 Å². The van der Waals surface area contributed by atoms with E-state index in [1.54, 1.807) is 0 Å². The third kappa shape index (κ3) is 2.36. The minimum atomic E-state index is 0.158. The predicted octanol–water partition coefficient (Wildman–Crippen LogP) is 4.70. The second-order valence-electron chi connectivity index (χ2n) is 6.40. The Morgan fingerprint density at radius 1 is 1.22 bits per heavy atom. The predicted molar refractivity (Wildman–Crippen MR) is 76.0 cm³/mol. The van der Waals surface area contributed by atoms with Crippen LogP contribution in [0.25, 0.3) is 0 Å². The fourth-order valence-electron chi connectivity index (χ4n) is 3.19. The van der Waals surface area contributed by atoms with Crippen LogP contribution < -0.4 is 0 Å². The van der Waals surface area contributed by atoms with E-state index in [-0.39, 0.29) is 11.3 Å². The zero-order valence-electron chi connectivity index (χ0n) is 12.0. The summed E-state index contributed by atoms with van der Waals surface area (Å²) >= 11 is 0. The van der Waals surface area contributed by atoms with E-state index in [0.717, 1.165) is 17.5 Å². The molecule has 1 atom stereocenters. The Morgan fingerprint density at radius 3 is 2.61 bits per heavy atom. The van der Waals surface area contributed by atoms with Gasteiger partial charge in [0.15, 0.2) is 5.78 Å². The fraction of sp³-hybridized carbons (Fsp3) is 0.588. The Kier molecular flexibility index (Phi) is 3.61. The van der Waals surface area contributed by atoms with E-state index in [2.05, 4.69) is 33.8 Å². The molecule has 0 bridgehead atoms. The first kappa shape index (κ1) is 13.3. The lowest BCUT2D eigenvalue weighted by molar-refractivity contribution is 0.0696. The average molecular weight is 244 g/mol. The number of rotatable bonds is 2. The number of hydrogen-bond acceptors (Lipinski definition) is 1. The number of aryl methyl sites for hydroxylation is 1. The highest BCUT2D eigenvalue weighted by Crippen LogP contribution is 2.42. The van der Waals surface area contributed by atoms with Crippen molar-refractivity contribution in [2.75, 3.05) is 0 Å². The van der Waals surface area contributed by atoms with Crippen molar-refractivity contribution in [3.63, 3.8) is 0 Å². The maximum atomic E-state index is 12.8. The third-order valence-electron chi connectivity index (χ3n) is 4.69. The molecule has 0 amide bonds. The normalized spacial score (nSPS) is 22.8. The van der Waals surface area contributed by atoms with Gasteiger partial charge in [-0.2, -0.15) is 0 Å². The summed E-state index contributed by atoms with van der Waals surface area (Å²) in [5.74, 6) is 0.563. The van der Waals surface area contributed by atoms with Gasteiger partial charge in [-0.05, 0) is 43.2 Å². The molecule has 0 spiro atoms. The first-order chi connectivity index (χ1) is 8.43.